The molecule has 2 heterocycles. The van der Waals surface area contributed by atoms with Gasteiger partial charge in [0.05, 0.1) is 10.6 Å². The van der Waals surface area contributed by atoms with Crippen LogP contribution in [0.2, 0.25) is 0 Å². The average molecular weight is 519 g/mol. The number of rotatable bonds is 9. The molecule has 2 aromatic carbocycles. The van der Waals surface area contributed by atoms with Gasteiger partial charge in [-0.2, -0.15) is 0 Å². The van der Waals surface area contributed by atoms with E-state index in [0.29, 0.717) is 28.1 Å². The van der Waals surface area contributed by atoms with Crippen LogP contribution in [0.25, 0.3) is 0 Å². The monoisotopic (exact) mass is 518 g/mol. The highest BCUT2D eigenvalue weighted by Gasteiger charge is 2.10. The summed E-state index contributed by atoms with van der Waals surface area (Å²) in [7, 11) is 0. The highest BCUT2D eigenvalue weighted by Crippen LogP contribution is 2.24. The molecular weight excluding hydrogens is 492 g/mol. The Bertz CT molecular complexity index is 1350. The third-order valence-corrected chi connectivity index (χ3v) is 6.82. The third kappa shape index (κ3) is 7.16. The molecule has 2 amide bonds. The molecule has 4 rings (SSSR count). The molecule has 0 radical (unpaired) electrons. The first-order chi connectivity index (χ1) is 17.4. The maximum atomic E-state index is 12.4. The maximum absolute atomic E-state index is 12.4. The molecule has 0 saturated carbocycles. The number of amides is 2. The summed E-state index contributed by atoms with van der Waals surface area (Å²) < 4.78 is 5.95. The largest absolute Gasteiger partial charge is 0.489 e. The Kier molecular flexibility index (Phi) is 8.35. The summed E-state index contributed by atoms with van der Waals surface area (Å²) in [4.78, 5) is 34.1. The lowest BCUT2D eigenvalue weighted by atomic mass is 10.2. The number of benzene rings is 2. The zero-order chi connectivity index (χ0) is 25.5. The average Bonchev–Trinajstić information content (AvgIpc) is 3.38. The van der Waals surface area contributed by atoms with Gasteiger partial charge in [0.25, 0.3) is 5.91 Å². The van der Waals surface area contributed by atoms with Gasteiger partial charge in [-0.3, -0.25) is 9.59 Å². The summed E-state index contributed by atoms with van der Waals surface area (Å²) in [5.74, 6) is 0.663. The molecule has 0 saturated heterocycles. The molecule has 2 aromatic heterocycles. The Balaban J connectivity index is 1.29. The van der Waals surface area contributed by atoms with Crippen LogP contribution in [-0.4, -0.2) is 27.5 Å². The predicted octanol–water partition coefficient (Wildman–Crippen LogP) is 6.03. The van der Waals surface area contributed by atoms with Gasteiger partial charge in [0.1, 0.15) is 12.4 Å². The molecule has 0 aliphatic heterocycles. The Hall–Kier alpha value is -3.69. The zero-order valence-electron chi connectivity index (χ0n) is 20.2. The van der Waals surface area contributed by atoms with Crippen molar-refractivity contribution in [3.05, 3.63) is 93.4 Å². The minimum atomic E-state index is -0.128. The molecule has 36 heavy (non-hydrogen) atoms. The standard InChI is InChI=1S/C27H26N4O3S2/c1-17-12-22(9-10-23(17)31-26(33)24-8-5-11-35-24)34-15-20-6-4-7-21(14-20)30-25(32)16-36-27-28-18(2)13-19(3)29-27/h4-14H,15-16H2,1-3H3,(H,30,32)(H,31,33). The van der Waals surface area contributed by atoms with E-state index in [4.69, 9.17) is 4.74 Å². The number of hydrogen-bond donors (Lipinski definition) is 2. The van der Waals surface area contributed by atoms with E-state index in [1.165, 1.54) is 23.1 Å². The lowest BCUT2D eigenvalue weighted by Crippen LogP contribution is -2.14. The molecule has 9 heteroatoms. The molecule has 0 aliphatic rings. The normalized spacial score (nSPS) is 10.6. The molecule has 0 spiro atoms. The molecule has 2 N–H and O–H groups in total. The van der Waals surface area contributed by atoms with Crippen molar-refractivity contribution in [3.63, 3.8) is 0 Å². The van der Waals surface area contributed by atoms with Gasteiger partial charge in [0, 0.05) is 22.8 Å². The summed E-state index contributed by atoms with van der Waals surface area (Å²) >= 11 is 2.71. The summed E-state index contributed by atoms with van der Waals surface area (Å²) in [5, 5.41) is 8.32. The van der Waals surface area contributed by atoms with E-state index in [0.717, 1.165) is 28.2 Å². The van der Waals surface area contributed by atoms with Crippen LogP contribution >= 0.6 is 23.1 Å². The van der Waals surface area contributed by atoms with Gasteiger partial charge in [-0.05, 0) is 79.7 Å². The number of anilines is 2. The van der Waals surface area contributed by atoms with Gasteiger partial charge in [-0.15, -0.1) is 11.3 Å². The molecule has 4 aromatic rings. The minimum absolute atomic E-state index is 0.124. The van der Waals surface area contributed by atoms with Crippen molar-refractivity contribution in [2.24, 2.45) is 0 Å². The lowest BCUT2D eigenvalue weighted by molar-refractivity contribution is -0.113. The van der Waals surface area contributed by atoms with Crippen molar-refractivity contribution in [1.82, 2.24) is 9.97 Å². The van der Waals surface area contributed by atoms with E-state index < -0.39 is 0 Å². The van der Waals surface area contributed by atoms with Crippen LogP contribution < -0.4 is 15.4 Å². The van der Waals surface area contributed by atoms with Crippen LogP contribution in [0.5, 0.6) is 5.75 Å². The molecule has 0 unspecified atom stereocenters. The molecule has 184 valence electrons. The Morgan fingerprint density at radius 2 is 1.75 bits per heavy atom. The van der Waals surface area contributed by atoms with Gasteiger partial charge >= 0.3 is 0 Å². The maximum Gasteiger partial charge on any atom is 0.265 e. The fourth-order valence-corrected chi connectivity index (χ4v) is 4.82. The number of carbonyl (C=O) groups is 2. The zero-order valence-corrected chi connectivity index (χ0v) is 21.8. The first kappa shape index (κ1) is 25.4. The fraction of sp³-hybridized carbons (Fsp3) is 0.185. The van der Waals surface area contributed by atoms with Gasteiger partial charge in [-0.1, -0.05) is 30.0 Å². The number of nitrogens with zero attached hydrogens (tertiary/aromatic N) is 2. The van der Waals surface area contributed by atoms with Crippen LogP contribution in [-0.2, 0) is 11.4 Å². The van der Waals surface area contributed by atoms with Gasteiger partial charge < -0.3 is 15.4 Å². The van der Waals surface area contributed by atoms with E-state index in [1.54, 1.807) is 6.07 Å². The summed E-state index contributed by atoms with van der Waals surface area (Å²) in [6.45, 7) is 6.09. The first-order valence-corrected chi connectivity index (χ1v) is 13.1. The molecule has 0 aliphatic carbocycles. The van der Waals surface area contributed by atoms with Crippen LogP contribution in [0.4, 0.5) is 11.4 Å². The summed E-state index contributed by atoms with van der Waals surface area (Å²) in [5.41, 5.74) is 5.03. The quantitative estimate of drug-likeness (QED) is 0.208. The van der Waals surface area contributed by atoms with Gasteiger partial charge in [0.15, 0.2) is 5.16 Å². The SMILES string of the molecule is Cc1cc(C)nc(SCC(=O)Nc2cccc(COc3ccc(NC(=O)c4cccs4)c(C)c3)c2)n1. The second-order valence-corrected chi connectivity index (χ2v) is 10.1. The molecule has 7 nitrogen and oxygen atoms in total. The van der Waals surface area contributed by atoms with Crippen molar-refractivity contribution in [2.45, 2.75) is 32.5 Å². The van der Waals surface area contributed by atoms with Crippen LogP contribution in [0.1, 0.15) is 32.2 Å². The topological polar surface area (TPSA) is 93.2 Å². The molecule has 0 atom stereocenters. The van der Waals surface area contributed by atoms with E-state index in [9.17, 15) is 9.59 Å². The molecule has 0 bridgehead atoms. The smallest absolute Gasteiger partial charge is 0.265 e. The van der Waals surface area contributed by atoms with Crippen molar-refractivity contribution < 1.29 is 14.3 Å². The summed E-state index contributed by atoms with van der Waals surface area (Å²) in [6.07, 6.45) is 0. The van der Waals surface area contributed by atoms with E-state index in [2.05, 4.69) is 20.6 Å². The highest BCUT2D eigenvalue weighted by molar-refractivity contribution is 7.99. The number of nitrogens with one attached hydrogen (secondary N) is 2. The van der Waals surface area contributed by atoms with Crippen LogP contribution in [0, 0.1) is 20.8 Å². The number of thiophene rings is 1. The van der Waals surface area contributed by atoms with E-state index in [-0.39, 0.29) is 17.6 Å². The van der Waals surface area contributed by atoms with Crippen molar-refractivity contribution in [2.75, 3.05) is 16.4 Å². The molecule has 0 fully saturated rings. The van der Waals surface area contributed by atoms with Crippen LogP contribution in [0.3, 0.4) is 0 Å². The van der Waals surface area contributed by atoms with E-state index in [1.807, 2.05) is 80.7 Å². The minimum Gasteiger partial charge on any atom is -0.489 e. The fourth-order valence-electron chi connectivity index (χ4n) is 3.45. The summed E-state index contributed by atoms with van der Waals surface area (Å²) in [6, 6.07) is 18.6. The van der Waals surface area contributed by atoms with E-state index >= 15 is 0 Å². The lowest BCUT2D eigenvalue weighted by Gasteiger charge is -2.12. The molecular formula is C27H26N4O3S2. The number of hydrogen-bond acceptors (Lipinski definition) is 7. The Labute approximate surface area is 218 Å². The van der Waals surface area contributed by atoms with Crippen LogP contribution in [0.15, 0.2) is 71.2 Å². The van der Waals surface area contributed by atoms with Gasteiger partial charge in [0.2, 0.25) is 5.91 Å². The number of ether oxygens (including phenoxy) is 1. The number of thioether (sulfide) groups is 1. The number of aryl methyl sites for hydroxylation is 3. The van der Waals surface area contributed by atoms with Gasteiger partial charge in [-0.25, -0.2) is 9.97 Å². The Morgan fingerprint density at radius 1 is 0.944 bits per heavy atom. The second-order valence-electron chi connectivity index (χ2n) is 8.17. The number of carbonyl (C=O) groups excluding carboxylic acids is 2. The predicted molar refractivity (Wildman–Crippen MR) is 145 cm³/mol. The highest BCUT2D eigenvalue weighted by atomic mass is 32.2. The third-order valence-electron chi connectivity index (χ3n) is 5.10. The van der Waals surface area contributed by atoms with Crippen molar-refractivity contribution in [3.8, 4) is 5.75 Å². The first-order valence-electron chi connectivity index (χ1n) is 11.3. The van der Waals surface area contributed by atoms with Crippen molar-refractivity contribution in [1.29, 1.82) is 0 Å². The number of aromatic nitrogens is 2. The second kappa shape index (κ2) is 11.8. The Morgan fingerprint density at radius 3 is 2.47 bits per heavy atom. The van der Waals surface area contributed by atoms with Crippen molar-refractivity contribution >= 4 is 46.3 Å².